The monoisotopic (exact) mass is 284 g/mol. The molecular formula is C17H20BFNO+. The molecule has 0 amide bonds. The van der Waals surface area contributed by atoms with Crippen LogP contribution in [0.4, 0.5) is 4.39 Å². The van der Waals surface area contributed by atoms with Gasteiger partial charge in [-0.3, -0.25) is 0 Å². The van der Waals surface area contributed by atoms with E-state index in [1.807, 2.05) is 6.07 Å². The molecule has 2 aromatic rings. The van der Waals surface area contributed by atoms with Crippen LogP contribution in [0.2, 0.25) is 0 Å². The maximum absolute atomic E-state index is 13.3. The van der Waals surface area contributed by atoms with Gasteiger partial charge in [0.15, 0.2) is 0 Å². The summed E-state index contributed by atoms with van der Waals surface area (Å²) < 4.78 is 20.0. The first-order valence-corrected chi connectivity index (χ1v) is 7.22. The van der Waals surface area contributed by atoms with Gasteiger partial charge in [-0.2, -0.15) is 0 Å². The third kappa shape index (κ3) is 3.17. The lowest BCUT2D eigenvalue weighted by atomic mass is 9.55. The summed E-state index contributed by atoms with van der Waals surface area (Å²) in [7, 11) is 6.53. The van der Waals surface area contributed by atoms with Crippen molar-refractivity contribution in [3.8, 4) is 0 Å². The number of rotatable bonds is 3. The molecule has 1 heterocycles. The smallest absolute Gasteiger partial charge is 0.362 e. The number of hydrogen-bond donors (Lipinski definition) is 0. The van der Waals surface area contributed by atoms with E-state index < -0.39 is 0 Å². The Hall–Kier alpha value is -1.65. The normalized spacial score (nSPS) is 14.4. The minimum atomic E-state index is -0.197. The average Bonchev–Trinajstić information content (AvgIpc) is 2.79. The van der Waals surface area contributed by atoms with Crippen molar-refractivity contribution in [1.29, 1.82) is 0 Å². The summed E-state index contributed by atoms with van der Waals surface area (Å²) in [6.07, 6.45) is 0. The molecule has 21 heavy (non-hydrogen) atoms. The van der Waals surface area contributed by atoms with E-state index in [2.05, 4.69) is 45.4 Å². The fourth-order valence-electron chi connectivity index (χ4n) is 2.90. The Balaban J connectivity index is 1.91. The first kappa shape index (κ1) is 14.3. The lowest BCUT2D eigenvalue weighted by molar-refractivity contribution is -0.883. The first-order chi connectivity index (χ1) is 9.92. The second-order valence-electron chi connectivity index (χ2n) is 6.73. The van der Waals surface area contributed by atoms with Gasteiger partial charge in [0.05, 0.1) is 27.7 Å². The van der Waals surface area contributed by atoms with Crippen molar-refractivity contribution < 1.29 is 13.5 Å². The highest BCUT2D eigenvalue weighted by Gasteiger charge is 2.30. The molecule has 108 valence electrons. The highest BCUT2D eigenvalue weighted by atomic mass is 19.1. The molecule has 1 aliphatic heterocycles. The van der Waals surface area contributed by atoms with Crippen molar-refractivity contribution >= 4 is 17.8 Å². The molecule has 0 saturated carbocycles. The summed E-state index contributed by atoms with van der Waals surface area (Å²) in [4.78, 5) is 0. The molecule has 0 spiro atoms. The molecule has 1 aliphatic rings. The van der Waals surface area contributed by atoms with Crippen molar-refractivity contribution in [2.75, 3.05) is 21.1 Å². The Morgan fingerprint density at radius 2 is 1.95 bits per heavy atom. The van der Waals surface area contributed by atoms with E-state index in [4.69, 9.17) is 4.65 Å². The summed E-state index contributed by atoms with van der Waals surface area (Å²) in [5, 5.41) is 0. The molecule has 0 aliphatic carbocycles. The molecular weight excluding hydrogens is 264 g/mol. The Kier molecular flexibility index (Phi) is 3.60. The molecule has 2 aromatic carbocycles. The van der Waals surface area contributed by atoms with Crippen LogP contribution in [-0.2, 0) is 17.8 Å². The van der Waals surface area contributed by atoms with Gasteiger partial charge in [-0.15, -0.1) is 0 Å². The van der Waals surface area contributed by atoms with E-state index in [1.165, 1.54) is 11.6 Å². The highest BCUT2D eigenvalue weighted by molar-refractivity contribution is 6.81. The number of hydrogen-bond acceptors (Lipinski definition) is 1. The van der Waals surface area contributed by atoms with Crippen LogP contribution < -0.4 is 10.9 Å². The van der Waals surface area contributed by atoms with Crippen molar-refractivity contribution in [2.45, 2.75) is 13.2 Å². The van der Waals surface area contributed by atoms with Gasteiger partial charge < -0.3 is 9.14 Å². The predicted octanol–water partition coefficient (Wildman–Crippen LogP) is 1.67. The molecule has 2 nitrogen and oxygen atoms in total. The lowest BCUT2D eigenvalue weighted by Crippen LogP contribution is -2.42. The maximum Gasteiger partial charge on any atom is 0.362 e. The zero-order valence-corrected chi connectivity index (χ0v) is 12.8. The summed E-state index contributed by atoms with van der Waals surface area (Å²) in [5.41, 5.74) is 4.47. The topological polar surface area (TPSA) is 9.23 Å². The Morgan fingerprint density at radius 3 is 2.71 bits per heavy atom. The molecule has 0 atom stereocenters. The summed E-state index contributed by atoms with van der Waals surface area (Å²) >= 11 is 0. The van der Waals surface area contributed by atoms with Gasteiger partial charge in [0.25, 0.3) is 0 Å². The Morgan fingerprint density at radius 1 is 1.14 bits per heavy atom. The zero-order valence-electron chi connectivity index (χ0n) is 12.8. The fraction of sp³-hybridized carbons (Fsp3) is 0.294. The number of nitrogens with zero attached hydrogens (tertiary/aromatic N) is 1. The van der Waals surface area contributed by atoms with Gasteiger partial charge in [0.1, 0.15) is 12.4 Å². The molecule has 0 N–H and O–H groups in total. The molecule has 0 aromatic heterocycles. The lowest BCUT2D eigenvalue weighted by Gasteiger charge is -2.24. The first-order valence-electron chi connectivity index (χ1n) is 7.22. The average molecular weight is 284 g/mol. The molecule has 4 heteroatoms. The zero-order chi connectivity index (χ0) is 15.0. The molecule has 0 unspecified atom stereocenters. The van der Waals surface area contributed by atoms with Crippen LogP contribution in [0.25, 0.3) is 0 Å². The molecule has 0 radical (unpaired) electrons. The van der Waals surface area contributed by atoms with E-state index in [1.54, 1.807) is 6.07 Å². The van der Waals surface area contributed by atoms with Crippen LogP contribution >= 0.6 is 0 Å². The summed E-state index contributed by atoms with van der Waals surface area (Å²) in [6, 6.07) is 13.4. The number of benzene rings is 2. The van der Waals surface area contributed by atoms with Gasteiger partial charge in [0.2, 0.25) is 0 Å². The van der Waals surface area contributed by atoms with E-state index >= 15 is 0 Å². The minimum absolute atomic E-state index is 0.0759. The highest BCUT2D eigenvalue weighted by Crippen LogP contribution is 2.13. The van der Waals surface area contributed by atoms with Gasteiger partial charge in [-0.05, 0) is 28.6 Å². The fourth-order valence-corrected chi connectivity index (χ4v) is 2.90. The van der Waals surface area contributed by atoms with Gasteiger partial charge >= 0.3 is 6.92 Å². The van der Waals surface area contributed by atoms with E-state index in [0.29, 0.717) is 6.61 Å². The van der Waals surface area contributed by atoms with Gasteiger partial charge in [0, 0.05) is 5.56 Å². The summed E-state index contributed by atoms with van der Waals surface area (Å²) in [5.74, 6) is -0.197. The third-order valence-corrected chi connectivity index (χ3v) is 3.70. The van der Waals surface area contributed by atoms with Gasteiger partial charge in [-0.1, -0.05) is 30.3 Å². The predicted molar refractivity (Wildman–Crippen MR) is 84.4 cm³/mol. The van der Waals surface area contributed by atoms with Crippen LogP contribution in [-0.4, -0.2) is 32.5 Å². The molecule has 3 rings (SSSR count). The van der Waals surface area contributed by atoms with Crippen molar-refractivity contribution in [1.82, 2.24) is 0 Å². The van der Waals surface area contributed by atoms with Crippen LogP contribution in [0.15, 0.2) is 42.5 Å². The van der Waals surface area contributed by atoms with E-state index in [0.717, 1.165) is 27.5 Å². The Labute approximate surface area is 125 Å². The maximum atomic E-state index is 13.3. The molecule has 0 fully saturated rings. The van der Waals surface area contributed by atoms with Crippen LogP contribution in [0.1, 0.15) is 11.1 Å². The molecule has 0 bridgehead atoms. The summed E-state index contributed by atoms with van der Waals surface area (Å²) in [6.45, 7) is 1.38. The minimum Gasteiger partial charge on any atom is -0.423 e. The second-order valence-corrected chi connectivity index (χ2v) is 6.73. The quantitative estimate of drug-likeness (QED) is 0.615. The third-order valence-electron chi connectivity index (χ3n) is 3.70. The molecule has 0 saturated heterocycles. The van der Waals surface area contributed by atoms with Crippen molar-refractivity contribution in [2.24, 2.45) is 0 Å². The standard InChI is InChI=1S/C17H20BFNO/c1-20(2,3)11-13-5-4-6-15(9-13)18-17-8-7-16(19)10-14(17)12-21-18/h4-10H,11-12H2,1-3H3/q+1. The van der Waals surface area contributed by atoms with Crippen LogP contribution in [0.3, 0.4) is 0 Å². The largest absolute Gasteiger partial charge is 0.423 e. The SMILES string of the molecule is C[N+](C)(C)Cc1cccc(B2OCc3cc(F)ccc32)c1. The van der Waals surface area contributed by atoms with Gasteiger partial charge in [-0.25, -0.2) is 4.39 Å². The van der Waals surface area contributed by atoms with Crippen LogP contribution in [0, 0.1) is 5.82 Å². The van der Waals surface area contributed by atoms with Crippen molar-refractivity contribution in [3.63, 3.8) is 0 Å². The number of halogens is 1. The second kappa shape index (κ2) is 5.28. The number of quaternary nitrogens is 1. The van der Waals surface area contributed by atoms with Crippen molar-refractivity contribution in [3.05, 3.63) is 59.4 Å². The number of fused-ring (bicyclic) bond motifs is 1. The van der Waals surface area contributed by atoms with E-state index in [-0.39, 0.29) is 12.7 Å². The van der Waals surface area contributed by atoms with Crippen LogP contribution in [0.5, 0.6) is 0 Å². The van der Waals surface area contributed by atoms with E-state index in [9.17, 15) is 4.39 Å². The Bertz CT molecular complexity index is 666.